The van der Waals surface area contributed by atoms with Gasteiger partial charge in [-0.2, -0.15) is 0 Å². The highest BCUT2D eigenvalue weighted by Crippen LogP contribution is 2.27. The standard InChI is InChI=1S/C31H38N2O5/c1-22-12-14-24(15-13-22)20-33(29(34)21-38-27-18-25(36-5)17-26(19-27)37-6)28(30(35)32-31(2,3)4)16-23-10-8-7-9-11-23/h7-15,17-19,28H,16,20-21H2,1-6H3,(H,32,35). The lowest BCUT2D eigenvalue weighted by molar-refractivity contribution is -0.143. The van der Waals surface area contributed by atoms with E-state index in [-0.39, 0.29) is 25.0 Å². The predicted octanol–water partition coefficient (Wildman–Crippen LogP) is 4.95. The minimum atomic E-state index is -0.742. The summed E-state index contributed by atoms with van der Waals surface area (Å²) in [5, 5.41) is 3.07. The summed E-state index contributed by atoms with van der Waals surface area (Å²) in [5.74, 6) is 1.01. The van der Waals surface area contributed by atoms with E-state index in [0.29, 0.717) is 23.7 Å². The zero-order chi connectivity index (χ0) is 27.7. The van der Waals surface area contributed by atoms with Crippen molar-refractivity contribution < 1.29 is 23.8 Å². The quantitative estimate of drug-likeness (QED) is 0.389. The van der Waals surface area contributed by atoms with E-state index in [1.807, 2.05) is 82.3 Å². The van der Waals surface area contributed by atoms with Crippen molar-refractivity contribution in [1.82, 2.24) is 10.2 Å². The van der Waals surface area contributed by atoms with Gasteiger partial charge in [0.2, 0.25) is 5.91 Å². The first-order valence-corrected chi connectivity index (χ1v) is 12.6. The molecule has 0 saturated heterocycles. The third kappa shape index (κ3) is 8.54. The van der Waals surface area contributed by atoms with Crippen molar-refractivity contribution in [3.8, 4) is 17.2 Å². The van der Waals surface area contributed by atoms with Gasteiger partial charge in [-0.15, -0.1) is 0 Å². The maximum atomic E-state index is 13.8. The van der Waals surface area contributed by atoms with Crippen molar-refractivity contribution in [3.05, 3.63) is 89.5 Å². The Kier molecular flexibility index (Phi) is 9.77. The molecular formula is C31H38N2O5. The number of methoxy groups -OCH3 is 2. The molecule has 0 aliphatic heterocycles. The number of carbonyl (C=O) groups excluding carboxylic acids is 2. The van der Waals surface area contributed by atoms with Gasteiger partial charge in [-0.1, -0.05) is 60.2 Å². The van der Waals surface area contributed by atoms with Crippen molar-refractivity contribution in [3.63, 3.8) is 0 Å². The lowest BCUT2D eigenvalue weighted by atomic mass is 10.0. The average Bonchev–Trinajstić information content (AvgIpc) is 2.89. The first kappa shape index (κ1) is 28.6. The Bertz CT molecular complexity index is 1180. The number of benzene rings is 3. The normalized spacial score (nSPS) is 11.8. The van der Waals surface area contributed by atoms with Gasteiger partial charge in [0.25, 0.3) is 5.91 Å². The maximum absolute atomic E-state index is 13.8. The van der Waals surface area contributed by atoms with Crippen LogP contribution in [0.3, 0.4) is 0 Å². The highest BCUT2D eigenvalue weighted by Gasteiger charge is 2.32. The Hall–Kier alpha value is -4.00. The molecule has 0 spiro atoms. The van der Waals surface area contributed by atoms with Gasteiger partial charge < -0.3 is 24.4 Å². The third-order valence-corrected chi connectivity index (χ3v) is 5.93. The van der Waals surface area contributed by atoms with Gasteiger partial charge in [0.05, 0.1) is 14.2 Å². The summed E-state index contributed by atoms with van der Waals surface area (Å²) >= 11 is 0. The molecule has 3 rings (SSSR count). The molecule has 0 saturated carbocycles. The topological polar surface area (TPSA) is 77.1 Å². The second kappa shape index (κ2) is 13.0. The lowest BCUT2D eigenvalue weighted by Gasteiger charge is -2.33. The summed E-state index contributed by atoms with van der Waals surface area (Å²) in [6.07, 6.45) is 0.368. The van der Waals surface area contributed by atoms with E-state index >= 15 is 0 Å². The Labute approximate surface area is 225 Å². The summed E-state index contributed by atoms with van der Waals surface area (Å²) in [6, 6.07) is 22.0. The number of amides is 2. The van der Waals surface area contributed by atoms with Crippen molar-refractivity contribution >= 4 is 11.8 Å². The Morgan fingerprint density at radius 1 is 0.842 bits per heavy atom. The van der Waals surface area contributed by atoms with Crippen molar-refractivity contribution in [2.75, 3.05) is 20.8 Å². The van der Waals surface area contributed by atoms with E-state index < -0.39 is 11.6 Å². The number of carbonyl (C=O) groups is 2. The second-order valence-electron chi connectivity index (χ2n) is 10.3. The fraction of sp³-hybridized carbons (Fsp3) is 0.355. The van der Waals surface area contributed by atoms with Crippen LogP contribution in [-0.2, 0) is 22.6 Å². The molecule has 0 aromatic heterocycles. The molecule has 0 fully saturated rings. The van der Waals surface area contributed by atoms with Crippen LogP contribution in [0.25, 0.3) is 0 Å². The molecular weight excluding hydrogens is 480 g/mol. The molecule has 38 heavy (non-hydrogen) atoms. The summed E-state index contributed by atoms with van der Waals surface area (Å²) in [6.45, 7) is 7.80. The van der Waals surface area contributed by atoms with E-state index in [1.165, 1.54) is 0 Å². The Morgan fingerprint density at radius 2 is 1.42 bits per heavy atom. The molecule has 3 aromatic carbocycles. The first-order chi connectivity index (χ1) is 18.1. The number of aryl methyl sites for hydroxylation is 1. The van der Waals surface area contributed by atoms with Gasteiger partial charge in [0.15, 0.2) is 6.61 Å². The van der Waals surface area contributed by atoms with E-state index in [0.717, 1.165) is 16.7 Å². The van der Waals surface area contributed by atoms with E-state index in [9.17, 15) is 9.59 Å². The molecule has 2 amide bonds. The molecule has 0 aliphatic carbocycles. The maximum Gasteiger partial charge on any atom is 0.261 e. The molecule has 0 aliphatic rings. The number of nitrogens with zero attached hydrogens (tertiary/aromatic N) is 1. The Morgan fingerprint density at radius 3 is 1.97 bits per heavy atom. The molecule has 0 radical (unpaired) electrons. The molecule has 1 N–H and O–H groups in total. The van der Waals surface area contributed by atoms with E-state index in [1.54, 1.807) is 37.3 Å². The molecule has 7 nitrogen and oxygen atoms in total. The minimum absolute atomic E-state index is 0.218. The summed E-state index contributed by atoms with van der Waals surface area (Å²) in [7, 11) is 3.10. The zero-order valence-corrected chi connectivity index (χ0v) is 23.1. The van der Waals surface area contributed by atoms with Crippen molar-refractivity contribution in [2.45, 2.75) is 52.2 Å². The molecule has 0 bridgehead atoms. The minimum Gasteiger partial charge on any atom is -0.496 e. The van der Waals surface area contributed by atoms with Crippen LogP contribution in [0.2, 0.25) is 0 Å². The molecule has 1 atom stereocenters. The zero-order valence-electron chi connectivity index (χ0n) is 23.1. The van der Waals surface area contributed by atoms with Crippen molar-refractivity contribution in [1.29, 1.82) is 0 Å². The van der Waals surface area contributed by atoms with Crippen LogP contribution in [0.15, 0.2) is 72.8 Å². The molecule has 0 heterocycles. The van der Waals surface area contributed by atoms with Crippen LogP contribution < -0.4 is 19.5 Å². The van der Waals surface area contributed by atoms with Gasteiger partial charge >= 0.3 is 0 Å². The van der Waals surface area contributed by atoms with Crippen molar-refractivity contribution in [2.24, 2.45) is 0 Å². The fourth-order valence-electron chi connectivity index (χ4n) is 3.99. The van der Waals surface area contributed by atoms with Gasteiger partial charge in [-0.25, -0.2) is 0 Å². The second-order valence-corrected chi connectivity index (χ2v) is 10.3. The lowest BCUT2D eigenvalue weighted by Crippen LogP contribution is -2.55. The smallest absolute Gasteiger partial charge is 0.261 e. The van der Waals surface area contributed by atoms with E-state index in [4.69, 9.17) is 14.2 Å². The van der Waals surface area contributed by atoms with Gasteiger partial charge in [-0.3, -0.25) is 9.59 Å². The summed E-state index contributed by atoms with van der Waals surface area (Å²) in [4.78, 5) is 29.0. The van der Waals surface area contributed by atoms with Gasteiger partial charge in [0, 0.05) is 36.7 Å². The van der Waals surface area contributed by atoms with Crippen LogP contribution in [0, 0.1) is 6.92 Å². The molecule has 3 aromatic rings. The Balaban J connectivity index is 1.93. The summed E-state index contributed by atoms with van der Waals surface area (Å²) < 4.78 is 16.5. The highest BCUT2D eigenvalue weighted by atomic mass is 16.5. The number of hydrogen-bond acceptors (Lipinski definition) is 5. The van der Waals surface area contributed by atoms with Crippen LogP contribution in [0.5, 0.6) is 17.2 Å². The largest absolute Gasteiger partial charge is 0.496 e. The monoisotopic (exact) mass is 518 g/mol. The van der Waals surface area contributed by atoms with Crippen LogP contribution in [0.1, 0.15) is 37.5 Å². The molecule has 202 valence electrons. The first-order valence-electron chi connectivity index (χ1n) is 12.6. The van der Waals surface area contributed by atoms with Gasteiger partial charge in [-0.05, 0) is 38.8 Å². The highest BCUT2D eigenvalue weighted by molar-refractivity contribution is 5.89. The number of rotatable bonds is 11. The number of nitrogens with one attached hydrogen (secondary N) is 1. The van der Waals surface area contributed by atoms with Gasteiger partial charge in [0.1, 0.15) is 23.3 Å². The van der Waals surface area contributed by atoms with E-state index in [2.05, 4.69) is 5.32 Å². The SMILES string of the molecule is COc1cc(OC)cc(OCC(=O)N(Cc2ccc(C)cc2)C(Cc2ccccc2)C(=O)NC(C)(C)C)c1. The average molecular weight is 519 g/mol. The number of hydrogen-bond donors (Lipinski definition) is 1. The third-order valence-electron chi connectivity index (χ3n) is 5.93. The fourth-order valence-corrected chi connectivity index (χ4v) is 3.99. The van der Waals surface area contributed by atoms with Crippen LogP contribution in [-0.4, -0.2) is 49.1 Å². The molecule has 7 heteroatoms. The molecule has 1 unspecified atom stereocenters. The van der Waals surface area contributed by atoms with Crippen LogP contribution >= 0.6 is 0 Å². The van der Waals surface area contributed by atoms with Crippen LogP contribution in [0.4, 0.5) is 0 Å². The summed E-state index contributed by atoms with van der Waals surface area (Å²) in [5.41, 5.74) is 2.54. The predicted molar refractivity (Wildman–Crippen MR) is 149 cm³/mol. The number of ether oxygens (including phenoxy) is 3.